The van der Waals surface area contributed by atoms with Crippen LogP contribution in [-0.4, -0.2) is 54.9 Å². The maximum absolute atomic E-state index is 12.4. The molecule has 2 heterocycles. The van der Waals surface area contributed by atoms with Crippen LogP contribution >= 0.6 is 0 Å². The highest BCUT2D eigenvalue weighted by atomic mass is 32.2. The summed E-state index contributed by atoms with van der Waals surface area (Å²) in [6.07, 6.45) is 2.44. The third kappa shape index (κ3) is 7.48. The Balaban J connectivity index is 0.000000231. The summed E-state index contributed by atoms with van der Waals surface area (Å²) in [7, 11) is -7.04. The fourth-order valence-electron chi connectivity index (χ4n) is 4.17. The highest BCUT2D eigenvalue weighted by Crippen LogP contribution is 2.15. The van der Waals surface area contributed by atoms with Crippen molar-refractivity contribution in [2.45, 2.75) is 38.7 Å². The van der Waals surface area contributed by atoms with E-state index in [9.17, 15) is 40.8 Å². The Kier molecular flexibility index (Phi) is 9.39. The number of hydrogen-bond acceptors (Lipinski definition) is 10. The molecule has 17 heteroatoms. The summed E-state index contributed by atoms with van der Waals surface area (Å²) in [6, 6.07) is 6.40. The van der Waals surface area contributed by atoms with Crippen molar-refractivity contribution in [1.29, 1.82) is 0 Å². The van der Waals surface area contributed by atoms with Gasteiger partial charge >= 0.3 is 11.4 Å². The van der Waals surface area contributed by atoms with Gasteiger partial charge < -0.3 is 21.0 Å². The van der Waals surface area contributed by atoms with Crippen LogP contribution in [0.1, 0.15) is 22.3 Å². The quantitative estimate of drug-likeness (QED) is 0.170. The topological polar surface area (TPSA) is 233 Å². The fraction of sp³-hybridized carbons (Fsp3) is 0.320. The van der Waals surface area contributed by atoms with Crippen LogP contribution in [0.3, 0.4) is 0 Å². The van der Waals surface area contributed by atoms with Crippen LogP contribution in [0.2, 0.25) is 0 Å². The Morgan fingerprint density at radius 1 is 0.762 bits per heavy atom. The van der Waals surface area contributed by atoms with Gasteiger partial charge in [-0.05, 0) is 60.4 Å². The molecule has 42 heavy (non-hydrogen) atoms. The molecule has 2 aromatic heterocycles. The van der Waals surface area contributed by atoms with Crippen molar-refractivity contribution in [3.8, 4) is 0 Å². The summed E-state index contributed by atoms with van der Waals surface area (Å²) in [5, 5.41) is 2.94. The predicted molar refractivity (Wildman–Crippen MR) is 158 cm³/mol. The standard InChI is InChI=1S/C13H15N3O5S.C12H15N3O4S/c1-8-3-11-10(4-9(8)5-14-6-17)12(18)16(13(19)15-11)7-22(2,20)21;1-7-3-10-9(4-8(7)5-13)11(16)15(12(17)14-10)6-20(2,18)19/h3-4,6H,5,7H2,1-2H3,(H,14,17)(H,15,19);3-4H,5-6,13H2,1-2H3,(H,14,17). The number of aryl methyl sites for hydroxylation is 2. The zero-order valence-corrected chi connectivity index (χ0v) is 24.8. The molecule has 0 fully saturated rings. The number of carbonyl (C=O) groups excluding carboxylic acids is 1. The second-order valence-corrected chi connectivity index (χ2v) is 14.0. The highest BCUT2D eigenvalue weighted by Gasteiger charge is 2.15. The van der Waals surface area contributed by atoms with E-state index in [1.165, 1.54) is 6.07 Å². The van der Waals surface area contributed by atoms with Gasteiger partial charge in [0.25, 0.3) is 11.1 Å². The van der Waals surface area contributed by atoms with E-state index in [1.54, 1.807) is 25.1 Å². The van der Waals surface area contributed by atoms with Crippen molar-refractivity contribution in [2.24, 2.45) is 5.73 Å². The van der Waals surface area contributed by atoms with Gasteiger partial charge in [0.1, 0.15) is 11.8 Å². The molecular weight excluding hydrogens is 592 g/mol. The van der Waals surface area contributed by atoms with Gasteiger partial charge in [0.05, 0.1) is 21.8 Å². The van der Waals surface area contributed by atoms with Gasteiger partial charge in [-0.2, -0.15) is 0 Å². The first-order chi connectivity index (χ1) is 19.5. The molecule has 4 rings (SSSR count). The van der Waals surface area contributed by atoms with E-state index in [-0.39, 0.29) is 23.9 Å². The van der Waals surface area contributed by atoms with Crippen LogP contribution in [0.25, 0.3) is 21.8 Å². The van der Waals surface area contributed by atoms with E-state index < -0.39 is 53.9 Å². The summed E-state index contributed by atoms with van der Waals surface area (Å²) in [6.45, 7) is 4.09. The van der Waals surface area contributed by atoms with Crippen LogP contribution in [0.15, 0.2) is 43.4 Å². The summed E-state index contributed by atoms with van der Waals surface area (Å²) < 4.78 is 46.6. The first-order valence-electron chi connectivity index (χ1n) is 12.2. The van der Waals surface area contributed by atoms with Crippen molar-refractivity contribution in [2.75, 3.05) is 12.5 Å². The number of benzene rings is 2. The number of nitrogens with two attached hydrogens (primary N) is 1. The number of nitrogens with zero attached hydrogens (tertiary/aromatic N) is 2. The smallest absolute Gasteiger partial charge is 0.329 e. The predicted octanol–water partition coefficient (Wildman–Crippen LogP) is -1.29. The van der Waals surface area contributed by atoms with Gasteiger partial charge in [0.15, 0.2) is 19.7 Å². The summed E-state index contributed by atoms with van der Waals surface area (Å²) in [5.41, 5.74) is 6.57. The van der Waals surface area contributed by atoms with Crippen LogP contribution in [-0.2, 0) is 49.3 Å². The maximum atomic E-state index is 12.4. The number of fused-ring (bicyclic) bond motifs is 2. The van der Waals surface area contributed by atoms with Gasteiger partial charge in [-0.15, -0.1) is 0 Å². The number of carbonyl (C=O) groups is 1. The number of hydrogen-bond donors (Lipinski definition) is 4. The number of rotatable bonds is 8. The summed E-state index contributed by atoms with van der Waals surface area (Å²) in [4.78, 5) is 63.7. The number of sulfone groups is 2. The highest BCUT2D eigenvalue weighted by molar-refractivity contribution is 7.89. The number of aromatic amines is 2. The van der Waals surface area contributed by atoms with E-state index in [1.807, 2.05) is 6.92 Å². The van der Waals surface area contributed by atoms with Crippen LogP contribution in [0.5, 0.6) is 0 Å². The lowest BCUT2D eigenvalue weighted by Gasteiger charge is -2.09. The first-order valence-corrected chi connectivity index (χ1v) is 16.3. The van der Waals surface area contributed by atoms with Gasteiger partial charge in [-0.1, -0.05) is 0 Å². The summed E-state index contributed by atoms with van der Waals surface area (Å²) >= 11 is 0. The van der Waals surface area contributed by atoms with Crippen LogP contribution in [0, 0.1) is 13.8 Å². The SMILES string of the molecule is Cc1cc2[nH]c(=O)n(CS(C)(=O)=O)c(=O)c2cc1CN.Cc1cc2[nH]c(=O)n(CS(C)(=O)=O)c(=O)c2cc1CNC=O. The minimum atomic E-state index is -3.54. The van der Waals surface area contributed by atoms with E-state index >= 15 is 0 Å². The molecule has 0 atom stereocenters. The van der Waals surface area contributed by atoms with E-state index in [2.05, 4.69) is 15.3 Å². The molecule has 2 aromatic carbocycles. The minimum Gasteiger partial charge on any atom is -0.355 e. The van der Waals surface area contributed by atoms with Gasteiger partial charge in [-0.25, -0.2) is 35.6 Å². The molecule has 0 radical (unpaired) electrons. The molecular formula is C25H30N6O9S2. The number of amides is 1. The van der Waals surface area contributed by atoms with Gasteiger partial charge in [-0.3, -0.25) is 14.4 Å². The largest absolute Gasteiger partial charge is 0.355 e. The molecule has 0 bridgehead atoms. The van der Waals surface area contributed by atoms with Crippen molar-refractivity contribution < 1.29 is 21.6 Å². The third-order valence-corrected chi connectivity index (χ3v) is 7.65. The van der Waals surface area contributed by atoms with Crippen molar-refractivity contribution >= 4 is 47.9 Å². The lowest BCUT2D eigenvalue weighted by molar-refractivity contribution is -0.109. The molecule has 5 N–H and O–H groups in total. The first kappa shape index (κ1) is 32.2. The number of nitrogens with one attached hydrogen (secondary N) is 3. The lowest BCUT2D eigenvalue weighted by Crippen LogP contribution is -2.37. The Bertz CT molecular complexity index is 2160. The Labute approximate surface area is 238 Å². The Morgan fingerprint density at radius 3 is 1.55 bits per heavy atom. The normalized spacial score (nSPS) is 11.7. The minimum absolute atomic E-state index is 0.191. The zero-order chi connectivity index (χ0) is 31.6. The van der Waals surface area contributed by atoms with E-state index in [0.29, 0.717) is 32.1 Å². The second-order valence-electron chi connectivity index (χ2n) is 9.79. The average molecular weight is 623 g/mol. The molecule has 15 nitrogen and oxygen atoms in total. The zero-order valence-electron chi connectivity index (χ0n) is 23.2. The molecule has 226 valence electrons. The fourth-order valence-corrected chi connectivity index (χ4v) is 5.58. The van der Waals surface area contributed by atoms with Crippen LogP contribution < -0.4 is 33.5 Å². The Morgan fingerprint density at radius 2 is 1.17 bits per heavy atom. The molecule has 0 unspecified atom stereocenters. The van der Waals surface area contributed by atoms with E-state index in [4.69, 9.17) is 5.73 Å². The van der Waals surface area contributed by atoms with Gasteiger partial charge in [0.2, 0.25) is 6.41 Å². The number of aromatic nitrogens is 4. The summed E-state index contributed by atoms with van der Waals surface area (Å²) in [5.74, 6) is -1.34. The van der Waals surface area contributed by atoms with Crippen LogP contribution in [0.4, 0.5) is 0 Å². The number of H-pyrrole nitrogens is 2. The third-order valence-electron chi connectivity index (χ3n) is 6.20. The molecule has 0 saturated heterocycles. The molecule has 0 aliphatic carbocycles. The Hall–Kier alpha value is -4.35. The average Bonchev–Trinajstić information content (AvgIpc) is 2.87. The van der Waals surface area contributed by atoms with Crippen molar-refractivity contribution in [3.05, 3.63) is 88.2 Å². The monoisotopic (exact) mass is 622 g/mol. The van der Waals surface area contributed by atoms with Crippen molar-refractivity contribution in [3.63, 3.8) is 0 Å². The van der Waals surface area contributed by atoms with E-state index in [0.717, 1.165) is 29.2 Å². The molecule has 0 aliphatic rings. The maximum Gasteiger partial charge on any atom is 0.329 e. The van der Waals surface area contributed by atoms with Crippen molar-refractivity contribution in [1.82, 2.24) is 24.4 Å². The molecule has 0 spiro atoms. The van der Waals surface area contributed by atoms with Gasteiger partial charge in [0, 0.05) is 25.6 Å². The molecule has 0 aliphatic heterocycles. The molecule has 4 aromatic rings. The second kappa shape index (κ2) is 12.3. The molecule has 1 amide bonds. The molecule has 0 saturated carbocycles. The lowest BCUT2D eigenvalue weighted by atomic mass is 10.1.